The van der Waals surface area contributed by atoms with Gasteiger partial charge in [-0.3, -0.25) is 0 Å². The second kappa shape index (κ2) is 6.92. The van der Waals surface area contributed by atoms with Gasteiger partial charge in [0.2, 0.25) is 0 Å². The first kappa shape index (κ1) is 12.5. The van der Waals surface area contributed by atoms with E-state index in [-0.39, 0.29) is 6.61 Å². The van der Waals surface area contributed by atoms with Crippen molar-refractivity contribution in [3.63, 3.8) is 0 Å². The van der Waals surface area contributed by atoms with Crippen molar-refractivity contribution in [2.24, 2.45) is 0 Å². The SMILES string of the molecule is CCOCCSP(=O)(O)OCC. The van der Waals surface area contributed by atoms with E-state index in [0.717, 1.165) is 11.4 Å². The minimum Gasteiger partial charge on any atom is -0.381 e. The maximum Gasteiger partial charge on any atom is 0.386 e. The molecule has 0 aliphatic carbocycles. The molecule has 0 saturated heterocycles. The molecule has 0 amide bonds. The van der Waals surface area contributed by atoms with Crippen molar-refractivity contribution in [3.8, 4) is 0 Å². The molecule has 0 saturated carbocycles. The Bertz CT molecular complexity index is 152. The second-order valence-corrected chi connectivity index (χ2v) is 5.94. The van der Waals surface area contributed by atoms with Gasteiger partial charge in [0.05, 0.1) is 13.2 Å². The second-order valence-electron chi connectivity index (χ2n) is 1.92. The highest BCUT2D eigenvalue weighted by Gasteiger charge is 2.18. The first-order valence-corrected chi connectivity index (χ1v) is 6.98. The van der Waals surface area contributed by atoms with E-state index in [1.807, 2.05) is 6.92 Å². The highest BCUT2D eigenvalue weighted by molar-refractivity contribution is 8.54. The molecule has 0 aliphatic heterocycles. The molecule has 0 aliphatic rings. The predicted molar refractivity (Wildman–Crippen MR) is 50.4 cm³/mol. The minimum atomic E-state index is -3.40. The van der Waals surface area contributed by atoms with Crippen LogP contribution in [-0.2, 0) is 13.8 Å². The van der Waals surface area contributed by atoms with Crippen molar-refractivity contribution in [2.75, 3.05) is 25.6 Å². The lowest BCUT2D eigenvalue weighted by molar-refractivity contribution is 0.164. The summed E-state index contributed by atoms with van der Waals surface area (Å²) in [5.74, 6) is 0.488. The Morgan fingerprint density at radius 2 is 2.08 bits per heavy atom. The van der Waals surface area contributed by atoms with Crippen LogP contribution in [0.5, 0.6) is 0 Å². The van der Waals surface area contributed by atoms with Crippen LogP contribution in [0, 0.1) is 0 Å². The Kier molecular flexibility index (Phi) is 7.19. The summed E-state index contributed by atoms with van der Waals surface area (Å²) in [7, 11) is 0. The van der Waals surface area contributed by atoms with Crippen molar-refractivity contribution in [2.45, 2.75) is 13.8 Å². The fraction of sp³-hybridized carbons (Fsp3) is 1.00. The van der Waals surface area contributed by atoms with Gasteiger partial charge in [0.25, 0.3) is 0 Å². The van der Waals surface area contributed by atoms with Gasteiger partial charge in [-0.1, -0.05) is 0 Å². The summed E-state index contributed by atoms with van der Waals surface area (Å²) < 4.78 is 20.6. The van der Waals surface area contributed by atoms with Gasteiger partial charge >= 0.3 is 6.80 Å². The summed E-state index contributed by atoms with van der Waals surface area (Å²) in [5.41, 5.74) is 0. The lowest BCUT2D eigenvalue weighted by atomic mass is 10.8. The molecule has 12 heavy (non-hydrogen) atoms. The summed E-state index contributed by atoms with van der Waals surface area (Å²) in [6, 6.07) is 0. The third-order valence-corrected chi connectivity index (χ3v) is 4.08. The molecule has 0 aromatic carbocycles. The van der Waals surface area contributed by atoms with Crippen molar-refractivity contribution in [1.29, 1.82) is 0 Å². The molecule has 0 spiro atoms. The lowest BCUT2D eigenvalue weighted by Gasteiger charge is -2.08. The van der Waals surface area contributed by atoms with Gasteiger partial charge in [0.15, 0.2) is 0 Å². The average molecular weight is 214 g/mol. The molecule has 0 heterocycles. The summed E-state index contributed by atoms with van der Waals surface area (Å²) in [5, 5.41) is 0. The average Bonchev–Trinajstić information content (AvgIpc) is 1.98. The van der Waals surface area contributed by atoms with E-state index < -0.39 is 6.80 Å². The van der Waals surface area contributed by atoms with Crippen molar-refractivity contribution < 1.29 is 18.7 Å². The first-order valence-electron chi connectivity index (χ1n) is 3.82. The van der Waals surface area contributed by atoms with Gasteiger partial charge in [-0.05, 0) is 25.2 Å². The molecular weight excluding hydrogens is 199 g/mol. The van der Waals surface area contributed by atoms with Gasteiger partial charge in [0, 0.05) is 12.4 Å². The Balaban J connectivity index is 3.41. The van der Waals surface area contributed by atoms with Gasteiger partial charge in [0.1, 0.15) is 0 Å². The molecule has 0 aromatic heterocycles. The largest absolute Gasteiger partial charge is 0.386 e. The van der Waals surface area contributed by atoms with Crippen LogP contribution in [-0.4, -0.2) is 30.5 Å². The maximum atomic E-state index is 11.0. The zero-order valence-electron chi connectivity index (χ0n) is 7.36. The topological polar surface area (TPSA) is 55.8 Å². The highest BCUT2D eigenvalue weighted by Crippen LogP contribution is 2.55. The summed E-state index contributed by atoms with van der Waals surface area (Å²) >= 11 is 0.907. The first-order chi connectivity index (χ1) is 5.62. The van der Waals surface area contributed by atoms with E-state index in [0.29, 0.717) is 19.0 Å². The van der Waals surface area contributed by atoms with Crippen LogP contribution >= 0.6 is 18.2 Å². The van der Waals surface area contributed by atoms with Crippen LogP contribution in [0.25, 0.3) is 0 Å². The van der Waals surface area contributed by atoms with Crippen LogP contribution in [0.15, 0.2) is 0 Å². The molecule has 0 aromatic rings. The Labute approximate surface area is 76.9 Å². The van der Waals surface area contributed by atoms with Gasteiger partial charge in [-0.2, -0.15) is 0 Å². The van der Waals surface area contributed by atoms with E-state index in [2.05, 4.69) is 4.52 Å². The summed E-state index contributed by atoms with van der Waals surface area (Å²) in [6.45, 7) is 1.55. The Morgan fingerprint density at radius 3 is 2.58 bits per heavy atom. The van der Waals surface area contributed by atoms with E-state index in [1.165, 1.54) is 0 Å². The van der Waals surface area contributed by atoms with E-state index >= 15 is 0 Å². The van der Waals surface area contributed by atoms with E-state index in [9.17, 15) is 4.57 Å². The monoisotopic (exact) mass is 214 g/mol. The molecule has 0 fully saturated rings. The maximum absolute atomic E-state index is 11.0. The summed E-state index contributed by atoms with van der Waals surface area (Å²) in [4.78, 5) is 9.05. The Hall–Kier alpha value is 0.460. The zero-order valence-corrected chi connectivity index (χ0v) is 9.07. The molecule has 1 N–H and O–H groups in total. The zero-order chi connectivity index (χ0) is 9.45. The van der Waals surface area contributed by atoms with Gasteiger partial charge in [-0.15, -0.1) is 0 Å². The molecule has 1 atom stereocenters. The highest BCUT2D eigenvalue weighted by atomic mass is 32.7. The fourth-order valence-electron chi connectivity index (χ4n) is 0.556. The third kappa shape index (κ3) is 7.13. The van der Waals surface area contributed by atoms with Crippen molar-refractivity contribution in [1.82, 2.24) is 0 Å². The molecule has 4 nitrogen and oxygen atoms in total. The molecular formula is C6H15O4PS. The van der Waals surface area contributed by atoms with Gasteiger partial charge < -0.3 is 14.2 Å². The Morgan fingerprint density at radius 1 is 1.42 bits per heavy atom. The third-order valence-electron chi connectivity index (χ3n) is 0.978. The molecule has 0 rings (SSSR count). The minimum absolute atomic E-state index is 0.259. The van der Waals surface area contributed by atoms with Crippen molar-refractivity contribution in [3.05, 3.63) is 0 Å². The number of hydrogen-bond donors (Lipinski definition) is 1. The van der Waals surface area contributed by atoms with E-state index in [1.54, 1.807) is 6.92 Å². The fourth-order valence-corrected chi connectivity index (χ4v) is 2.84. The van der Waals surface area contributed by atoms with Crippen LogP contribution in [0.2, 0.25) is 0 Å². The summed E-state index contributed by atoms with van der Waals surface area (Å²) in [6.07, 6.45) is 0. The molecule has 74 valence electrons. The van der Waals surface area contributed by atoms with Crippen LogP contribution in [0.3, 0.4) is 0 Å². The van der Waals surface area contributed by atoms with Gasteiger partial charge in [-0.25, -0.2) is 4.57 Å². The number of hydrogen-bond acceptors (Lipinski definition) is 4. The van der Waals surface area contributed by atoms with E-state index in [4.69, 9.17) is 9.63 Å². The predicted octanol–water partition coefficient (Wildman–Crippen LogP) is 1.89. The quantitative estimate of drug-likeness (QED) is 0.518. The smallest absolute Gasteiger partial charge is 0.381 e. The molecule has 0 bridgehead atoms. The van der Waals surface area contributed by atoms with Crippen LogP contribution < -0.4 is 0 Å². The molecule has 0 radical (unpaired) electrons. The normalized spacial score (nSPS) is 15.9. The standard InChI is InChI=1S/C6H15O4PS/c1-3-9-5-6-12-11(7,8)10-4-2/h3-6H2,1-2H3,(H,7,8). The van der Waals surface area contributed by atoms with Crippen molar-refractivity contribution >= 4 is 18.2 Å². The molecule has 6 heteroatoms. The lowest BCUT2D eigenvalue weighted by Crippen LogP contribution is -1.96. The number of ether oxygens (including phenoxy) is 1. The van der Waals surface area contributed by atoms with Crippen LogP contribution in [0.1, 0.15) is 13.8 Å². The van der Waals surface area contributed by atoms with Crippen LogP contribution in [0.4, 0.5) is 0 Å². The molecule has 1 unspecified atom stereocenters. The number of rotatable bonds is 7.